The number of carbonyl (C=O) groups is 2. The van der Waals surface area contributed by atoms with Gasteiger partial charge in [-0.2, -0.15) is 0 Å². The lowest BCUT2D eigenvalue weighted by Gasteiger charge is -2.44. The molecule has 2 amide bonds. The minimum absolute atomic E-state index is 0.102. The molecule has 3 aliphatic rings. The summed E-state index contributed by atoms with van der Waals surface area (Å²) in [6.07, 6.45) is 6.02. The number of hydrogen-bond donors (Lipinski definition) is 0. The van der Waals surface area contributed by atoms with Gasteiger partial charge in [0.2, 0.25) is 11.8 Å². The van der Waals surface area contributed by atoms with Crippen LogP contribution in [0.1, 0.15) is 59.8 Å². The molecule has 0 spiro atoms. The van der Waals surface area contributed by atoms with Crippen LogP contribution in [0.4, 0.5) is 0 Å². The summed E-state index contributed by atoms with van der Waals surface area (Å²) in [5, 5.41) is 0. The van der Waals surface area contributed by atoms with Gasteiger partial charge >= 0.3 is 0 Å². The van der Waals surface area contributed by atoms with E-state index in [1.54, 1.807) is 0 Å². The standard InChI is InChI=1S/C22H39N3O3/c1-16(2)20(25-14-17(3)28-18(4)15-25)22(27)24-12-10-23(11-13-24)21(26)19-8-6-5-7-9-19/h16-20H,5-15H2,1-4H3. The number of amides is 2. The van der Waals surface area contributed by atoms with Crippen molar-refractivity contribution in [3.8, 4) is 0 Å². The predicted octanol–water partition coefficient (Wildman–Crippen LogP) is 2.37. The lowest BCUT2D eigenvalue weighted by atomic mass is 9.88. The summed E-state index contributed by atoms with van der Waals surface area (Å²) >= 11 is 0. The maximum Gasteiger partial charge on any atom is 0.240 e. The van der Waals surface area contributed by atoms with Crippen LogP contribution in [0, 0.1) is 11.8 Å². The molecule has 3 rings (SSSR count). The van der Waals surface area contributed by atoms with E-state index in [2.05, 4.69) is 32.6 Å². The second kappa shape index (κ2) is 9.57. The van der Waals surface area contributed by atoms with Crippen LogP contribution in [0.2, 0.25) is 0 Å². The van der Waals surface area contributed by atoms with Crippen molar-refractivity contribution in [1.29, 1.82) is 0 Å². The lowest BCUT2D eigenvalue weighted by Crippen LogP contribution is -2.60. The third kappa shape index (κ3) is 5.07. The molecule has 0 radical (unpaired) electrons. The van der Waals surface area contributed by atoms with E-state index in [0.29, 0.717) is 32.1 Å². The first kappa shape index (κ1) is 21.6. The highest BCUT2D eigenvalue weighted by atomic mass is 16.5. The Morgan fingerprint density at radius 1 is 0.857 bits per heavy atom. The summed E-state index contributed by atoms with van der Waals surface area (Å²) in [4.78, 5) is 32.5. The summed E-state index contributed by atoms with van der Waals surface area (Å²) in [7, 11) is 0. The predicted molar refractivity (Wildman–Crippen MR) is 110 cm³/mol. The van der Waals surface area contributed by atoms with Crippen LogP contribution in [-0.2, 0) is 14.3 Å². The van der Waals surface area contributed by atoms with Crippen molar-refractivity contribution in [2.24, 2.45) is 11.8 Å². The van der Waals surface area contributed by atoms with E-state index in [9.17, 15) is 9.59 Å². The van der Waals surface area contributed by atoms with Crippen LogP contribution in [-0.4, -0.2) is 84.0 Å². The first-order chi connectivity index (χ1) is 13.4. The van der Waals surface area contributed by atoms with Crippen molar-refractivity contribution < 1.29 is 14.3 Å². The fraction of sp³-hybridized carbons (Fsp3) is 0.909. The van der Waals surface area contributed by atoms with Gasteiger partial charge < -0.3 is 14.5 Å². The van der Waals surface area contributed by atoms with Gasteiger partial charge in [-0.05, 0) is 32.6 Å². The smallest absolute Gasteiger partial charge is 0.240 e. The molecule has 0 aromatic carbocycles. The fourth-order valence-electron chi connectivity index (χ4n) is 5.25. The lowest BCUT2D eigenvalue weighted by molar-refractivity contribution is -0.150. The molecule has 3 unspecified atom stereocenters. The zero-order valence-corrected chi connectivity index (χ0v) is 18.2. The minimum atomic E-state index is -0.102. The van der Waals surface area contributed by atoms with Gasteiger partial charge in [0.05, 0.1) is 18.2 Å². The molecule has 1 saturated carbocycles. The molecule has 2 heterocycles. The molecule has 0 aromatic heterocycles. The molecule has 2 aliphatic heterocycles. The summed E-state index contributed by atoms with van der Waals surface area (Å²) < 4.78 is 5.86. The summed E-state index contributed by atoms with van der Waals surface area (Å²) in [6.45, 7) is 12.7. The second-order valence-electron chi connectivity index (χ2n) is 9.39. The molecule has 3 fully saturated rings. The largest absolute Gasteiger partial charge is 0.373 e. The third-order valence-electron chi connectivity index (χ3n) is 6.58. The van der Waals surface area contributed by atoms with E-state index >= 15 is 0 Å². The van der Waals surface area contributed by atoms with Crippen molar-refractivity contribution in [2.45, 2.75) is 78.0 Å². The topological polar surface area (TPSA) is 53.1 Å². The quantitative estimate of drug-likeness (QED) is 0.736. The molecule has 2 saturated heterocycles. The number of rotatable bonds is 4. The normalized spacial score (nSPS) is 29.2. The Labute approximate surface area is 170 Å². The summed E-state index contributed by atoms with van der Waals surface area (Å²) in [6, 6.07) is -0.102. The van der Waals surface area contributed by atoms with E-state index < -0.39 is 0 Å². The molecule has 3 atom stereocenters. The molecule has 0 bridgehead atoms. The number of piperazine rings is 1. The zero-order valence-electron chi connectivity index (χ0n) is 18.2. The molecule has 160 valence electrons. The average molecular weight is 394 g/mol. The minimum Gasteiger partial charge on any atom is -0.373 e. The molecule has 28 heavy (non-hydrogen) atoms. The zero-order chi connectivity index (χ0) is 20.3. The van der Waals surface area contributed by atoms with E-state index in [0.717, 1.165) is 25.9 Å². The first-order valence-corrected chi connectivity index (χ1v) is 11.3. The van der Waals surface area contributed by atoms with Gasteiger partial charge in [-0.3, -0.25) is 14.5 Å². The highest BCUT2D eigenvalue weighted by molar-refractivity contribution is 5.83. The molecule has 1 aliphatic carbocycles. The Bertz CT molecular complexity index is 529. The Morgan fingerprint density at radius 2 is 1.39 bits per heavy atom. The Kier molecular flexibility index (Phi) is 7.37. The molecular weight excluding hydrogens is 354 g/mol. The highest BCUT2D eigenvalue weighted by Gasteiger charge is 2.38. The van der Waals surface area contributed by atoms with Gasteiger partial charge in [0, 0.05) is 45.2 Å². The third-order valence-corrected chi connectivity index (χ3v) is 6.58. The van der Waals surface area contributed by atoms with Crippen molar-refractivity contribution in [3.05, 3.63) is 0 Å². The van der Waals surface area contributed by atoms with Crippen LogP contribution in [0.25, 0.3) is 0 Å². The molecule has 0 N–H and O–H groups in total. The van der Waals surface area contributed by atoms with Gasteiger partial charge in [-0.1, -0.05) is 33.1 Å². The van der Waals surface area contributed by atoms with Gasteiger partial charge in [-0.15, -0.1) is 0 Å². The number of hydrogen-bond acceptors (Lipinski definition) is 4. The van der Waals surface area contributed by atoms with Crippen LogP contribution in [0.5, 0.6) is 0 Å². The van der Waals surface area contributed by atoms with Crippen molar-refractivity contribution in [3.63, 3.8) is 0 Å². The average Bonchev–Trinajstić information content (AvgIpc) is 2.67. The van der Waals surface area contributed by atoms with Gasteiger partial charge in [0.15, 0.2) is 0 Å². The van der Waals surface area contributed by atoms with Crippen LogP contribution in [0.3, 0.4) is 0 Å². The number of ether oxygens (including phenoxy) is 1. The van der Waals surface area contributed by atoms with Gasteiger partial charge in [-0.25, -0.2) is 0 Å². The highest BCUT2D eigenvalue weighted by Crippen LogP contribution is 2.26. The SMILES string of the molecule is CC1CN(C(C(=O)N2CCN(C(=O)C3CCCCC3)CC2)C(C)C)CC(C)O1. The van der Waals surface area contributed by atoms with E-state index in [-0.39, 0.29) is 36.0 Å². The Morgan fingerprint density at radius 3 is 1.93 bits per heavy atom. The first-order valence-electron chi connectivity index (χ1n) is 11.3. The van der Waals surface area contributed by atoms with Crippen LogP contribution >= 0.6 is 0 Å². The van der Waals surface area contributed by atoms with E-state index in [1.165, 1.54) is 19.3 Å². The van der Waals surface area contributed by atoms with Crippen molar-refractivity contribution in [1.82, 2.24) is 14.7 Å². The number of morpholine rings is 1. The van der Waals surface area contributed by atoms with E-state index in [1.807, 2.05) is 9.80 Å². The Hall–Kier alpha value is -1.14. The molecular formula is C22H39N3O3. The second-order valence-corrected chi connectivity index (χ2v) is 9.39. The van der Waals surface area contributed by atoms with Crippen molar-refractivity contribution >= 4 is 11.8 Å². The summed E-state index contributed by atoms with van der Waals surface area (Å²) in [5.41, 5.74) is 0. The monoisotopic (exact) mass is 393 g/mol. The Balaban J connectivity index is 1.57. The van der Waals surface area contributed by atoms with Crippen LogP contribution < -0.4 is 0 Å². The molecule has 0 aromatic rings. The van der Waals surface area contributed by atoms with E-state index in [4.69, 9.17) is 4.74 Å². The maximum atomic E-state index is 13.4. The maximum absolute atomic E-state index is 13.4. The number of carbonyl (C=O) groups excluding carboxylic acids is 2. The molecule has 6 nitrogen and oxygen atoms in total. The van der Waals surface area contributed by atoms with Gasteiger partial charge in [0.1, 0.15) is 0 Å². The van der Waals surface area contributed by atoms with Crippen molar-refractivity contribution in [2.75, 3.05) is 39.3 Å². The number of nitrogens with zero attached hydrogens (tertiary/aromatic N) is 3. The van der Waals surface area contributed by atoms with Gasteiger partial charge in [0.25, 0.3) is 0 Å². The fourth-order valence-corrected chi connectivity index (χ4v) is 5.25. The molecule has 6 heteroatoms. The summed E-state index contributed by atoms with van der Waals surface area (Å²) in [5.74, 6) is 1.02. The van der Waals surface area contributed by atoms with Crippen LogP contribution in [0.15, 0.2) is 0 Å².